The summed E-state index contributed by atoms with van der Waals surface area (Å²) in [5, 5.41) is 11.7. The van der Waals surface area contributed by atoms with Crippen molar-refractivity contribution in [3.63, 3.8) is 0 Å². The summed E-state index contributed by atoms with van der Waals surface area (Å²) in [6, 6.07) is 10.8. The maximum atomic E-state index is 11.7. The van der Waals surface area contributed by atoms with Gasteiger partial charge < -0.3 is 4.74 Å². The number of ether oxygens (including phenoxy) is 1. The SMILES string of the molecule is [O]C1CC2CCC1CC2Oc1[c]cccc1. The number of rotatable bonds is 2. The van der Waals surface area contributed by atoms with E-state index >= 15 is 0 Å². The Hall–Kier alpha value is -1.02. The third kappa shape index (κ3) is 1.82. The van der Waals surface area contributed by atoms with Crippen LogP contribution >= 0.6 is 0 Å². The Bertz CT molecular complexity index is 349. The van der Waals surface area contributed by atoms with Crippen LogP contribution in [0.5, 0.6) is 5.75 Å². The van der Waals surface area contributed by atoms with Crippen LogP contribution in [0, 0.1) is 17.9 Å². The van der Waals surface area contributed by atoms with E-state index in [1.165, 1.54) is 6.42 Å². The third-order valence-corrected chi connectivity index (χ3v) is 3.99. The van der Waals surface area contributed by atoms with Crippen LogP contribution in [0.3, 0.4) is 0 Å². The van der Waals surface area contributed by atoms with Gasteiger partial charge in [-0.3, -0.25) is 0 Å². The molecule has 4 atom stereocenters. The molecule has 3 aliphatic carbocycles. The summed E-state index contributed by atoms with van der Waals surface area (Å²) in [5.41, 5.74) is 0. The molecule has 0 aliphatic heterocycles. The van der Waals surface area contributed by atoms with Gasteiger partial charge in [0.1, 0.15) is 11.9 Å². The number of hydrogen-bond donors (Lipinski definition) is 0. The lowest BCUT2D eigenvalue weighted by Gasteiger charge is -2.44. The van der Waals surface area contributed by atoms with Crippen molar-refractivity contribution in [2.75, 3.05) is 0 Å². The molecule has 16 heavy (non-hydrogen) atoms. The first kappa shape index (κ1) is 10.2. The van der Waals surface area contributed by atoms with Crippen molar-refractivity contribution in [3.05, 3.63) is 30.3 Å². The first-order valence-electron chi connectivity index (χ1n) is 6.12. The molecule has 2 radical (unpaired) electrons. The van der Waals surface area contributed by atoms with E-state index in [2.05, 4.69) is 6.07 Å². The molecule has 3 aliphatic rings. The van der Waals surface area contributed by atoms with E-state index in [0.717, 1.165) is 25.0 Å². The minimum absolute atomic E-state index is 0.252. The second kappa shape index (κ2) is 4.10. The third-order valence-electron chi connectivity index (χ3n) is 3.99. The smallest absolute Gasteiger partial charge is 0.127 e. The fourth-order valence-corrected chi connectivity index (χ4v) is 3.08. The van der Waals surface area contributed by atoms with E-state index in [0.29, 0.717) is 11.8 Å². The maximum absolute atomic E-state index is 11.7. The first-order chi connectivity index (χ1) is 7.83. The van der Waals surface area contributed by atoms with Gasteiger partial charge in [0.2, 0.25) is 0 Å². The van der Waals surface area contributed by atoms with Crippen LogP contribution in [0.4, 0.5) is 0 Å². The Balaban J connectivity index is 1.69. The molecule has 2 heteroatoms. The monoisotopic (exact) mass is 216 g/mol. The van der Waals surface area contributed by atoms with E-state index in [1.807, 2.05) is 24.3 Å². The minimum Gasteiger partial charge on any atom is -0.489 e. The van der Waals surface area contributed by atoms with Gasteiger partial charge in [-0.15, -0.1) is 0 Å². The van der Waals surface area contributed by atoms with Crippen molar-refractivity contribution in [1.82, 2.24) is 0 Å². The summed E-state index contributed by atoms with van der Waals surface area (Å²) < 4.78 is 5.94. The van der Waals surface area contributed by atoms with Crippen LogP contribution in [0.2, 0.25) is 0 Å². The van der Waals surface area contributed by atoms with Crippen LogP contribution in [0.25, 0.3) is 0 Å². The lowest BCUT2D eigenvalue weighted by atomic mass is 9.67. The highest BCUT2D eigenvalue weighted by Crippen LogP contribution is 2.43. The molecule has 0 spiro atoms. The number of para-hydroxylation sites is 1. The van der Waals surface area contributed by atoms with E-state index in [1.54, 1.807) is 0 Å². The molecule has 3 fully saturated rings. The molecule has 0 saturated heterocycles. The Morgan fingerprint density at radius 3 is 2.69 bits per heavy atom. The van der Waals surface area contributed by atoms with Crippen LogP contribution < -0.4 is 4.74 Å². The molecule has 0 N–H and O–H groups in total. The standard InChI is InChI=1S/C14H16O2/c15-13-8-11-7-6-10(13)9-14(11)16-12-4-2-1-3-5-12/h1-4,10-11,13-14H,6-9H2. The first-order valence-corrected chi connectivity index (χ1v) is 6.12. The van der Waals surface area contributed by atoms with Crippen molar-refractivity contribution in [1.29, 1.82) is 0 Å². The molecule has 0 amide bonds. The normalized spacial score (nSPS) is 37.3. The molecular weight excluding hydrogens is 200 g/mol. The second-order valence-corrected chi connectivity index (χ2v) is 4.99. The molecule has 3 saturated carbocycles. The maximum Gasteiger partial charge on any atom is 0.127 e. The molecule has 2 nitrogen and oxygen atoms in total. The van der Waals surface area contributed by atoms with Gasteiger partial charge in [0.05, 0.1) is 6.10 Å². The molecule has 1 aromatic rings. The van der Waals surface area contributed by atoms with Crippen LogP contribution in [0.15, 0.2) is 24.3 Å². The van der Waals surface area contributed by atoms with Crippen LogP contribution in [0.1, 0.15) is 25.7 Å². The number of benzene rings is 1. The van der Waals surface area contributed by atoms with Crippen molar-refractivity contribution < 1.29 is 9.84 Å². The van der Waals surface area contributed by atoms with Crippen molar-refractivity contribution >= 4 is 0 Å². The zero-order valence-corrected chi connectivity index (χ0v) is 9.26. The highest BCUT2D eigenvalue weighted by molar-refractivity contribution is 5.20. The molecular formula is C14H16O2. The van der Waals surface area contributed by atoms with Crippen molar-refractivity contribution in [3.8, 4) is 5.75 Å². The summed E-state index contributed by atoms with van der Waals surface area (Å²) in [4.78, 5) is 0. The molecule has 0 heterocycles. The molecule has 1 aromatic carbocycles. The van der Waals surface area contributed by atoms with Crippen LogP contribution in [-0.2, 0) is 5.11 Å². The van der Waals surface area contributed by atoms with Crippen LogP contribution in [-0.4, -0.2) is 12.2 Å². The van der Waals surface area contributed by atoms with E-state index in [-0.39, 0.29) is 12.2 Å². The highest BCUT2D eigenvalue weighted by Gasteiger charge is 2.42. The Kier molecular flexibility index (Phi) is 2.60. The fourth-order valence-electron chi connectivity index (χ4n) is 3.08. The molecule has 0 aromatic heterocycles. The molecule has 2 bridgehead atoms. The van der Waals surface area contributed by atoms with Gasteiger partial charge in [-0.25, -0.2) is 5.11 Å². The molecule has 4 rings (SSSR count). The zero-order chi connectivity index (χ0) is 11.0. The molecule has 84 valence electrons. The Morgan fingerprint density at radius 2 is 2.06 bits per heavy atom. The topological polar surface area (TPSA) is 29.1 Å². The van der Waals surface area contributed by atoms with Gasteiger partial charge in [0.15, 0.2) is 0 Å². The summed E-state index contributed by atoms with van der Waals surface area (Å²) >= 11 is 0. The largest absolute Gasteiger partial charge is 0.489 e. The fraction of sp³-hybridized carbons (Fsp3) is 0.571. The minimum atomic E-state index is -0.335. The van der Waals surface area contributed by atoms with Gasteiger partial charge in [-0.05, 0) is 43.6 Å². The molecule has 4 unspecified atom stereocenters. The highest BCUT2D eigenvalue weighted by atomic mass is 16.5. The predicted octanol–water partition coefficient (Wildman–Crippen LogP) is 2.85. The van der Waals surface area contributed by atoms with E-state index < -0.39 is 0 Å². The lowest BCUT2D eigenvalue weighted by molar-refractivity contribution is -0.0898. The Morgan fingerprint density at radius 1 is 1.19 bits per heavy atom. The van der Waals surface area contributed by atoms with Gasteiger partial charge in [0.25, 0.3) is 0 Å². The van der Waals surface area contributed by atoms with E-state index in [9.17, 15) is 5.11 Å². The average Bonchev–Trinajstić information content (AvgIpc) is 2.32. The Labute approximate surface area is 96.2 Å². The number of hydrogen-bond acceptors (Lipinski definition) is 1. The second-order valence-electron chi connectivity index (χ2n) is 4.99. The summed E-state index contributed by atoms with van der Waals surface area (Å²) in [5.74, 6) is 1.64. The van der Waals surface area contributed by atoms with E-state index in [4.69, 9.17) is 4.74 Å². The zero-order valence-electron chi connectivity index (χ0n) is 9.26. The quantitative estimate of drug-likeness (QED) is 0.747. The summed E-state index contributed by atoms with van der Waals surface area (Å²) in [7, 11) is 0. The van der Waals surface area contributed by atoms with Gasteiger partial charge >= 0.3 is 0 Å². The summed E-state index contributed by atoms with van der Waals surface area (Å²) in [6.45, 7) is 0. The lowest BCUT2D eigenvalue weighted by Crippen LogP contribution is -2.45. The van der Waals surface area contributed by atoms with Crippen molar-refractivity contribution in [2.45, 2.75) is 37.9 Å². The van der Waals surface area contributed by atoms with Gasteiger partial charge in [-0.2, -0.15) is 0 Å². The average molecular weight is 216 g/mol. The van der Waals surface area contributed by atoms with Gasteiger partial charge in [0, 0.05) is 6.07 Å². The number of fused-ring (bicyclic) bond motifs is 3. The summed E-state index contributed by atoms with van der Waals surface area (Å²) in [6.07, 6.45) is 3.95. The van der Waals surface area contributed by atoms with Crippen molar-refractivity contribution in [2.24, 2.45) is 11.8 Å². The predicted molar refractivity (Wildman–Crippen MR) is 59.6 cm³/mol. The van der Waals surface area contributed by atoms with Gasteiger partial charge in [-0.1, -0.05) is 18.2 Å².